The Bertz CT molecular complexity index is 849. The molecule has 2 aliphatic rings. The lowest BCUT2D eigenvalue weighted by atomic mass is 10.1. The van der Waals surface area contributed by atoms with Gasteiger partial charge in [-0.1, -0.05) is 6.07 Å². The van der Waals surface area contributed by atoms with Gasteiger partial charge in [0.15, 0.2) is 5.69 Å². The van der Waals surface area contributed by atoms with Crippen LogP contribution in [0.4, 0.5) is 5.82 Å². The largest absolute Gasteiger partial charge is 0.383 e. The minimum absolute atomic E-state index is 0.0888. The molecule has 4 N–H and O–H groups in total. The first-order valence-electron chi connectivity index (χ1n) is 8.58. The summed E-state index contributed by atoms with van der Waals surface area (Å²) in [7, 11) is 0. The van der Waals surface area contributed by atoms with E-state index in [1.165, 1.54) is 6.33 Å². The number of hydrogen-bond acceptors (Lipinski definition) is 4. The number of benzene rings is 1. The van der Waals surface area contributed by atoms with Crippen LogP contribution in [0.1, 0.15) is 52.1 Å². The van der Waals surface area contributed by atoms with Gasteiger partial charge in [-0.15, -0.1) is 0 Å². The maximum atomic E-state index is 12.3. The van der Waals surface area contributed by atoms with Crippen LogP contribution in [-0.2, 0) is 0 Å². The number of imidazole rings is 1. The van der Waals surface area contributed by atoms with Crippen molar-refractivity contribution < 1.29 is 9.59 Å². The quantitative estimate of drug-likeness (QED) is 0.769. The number of rotatable bonds is 5. The Labute approximate surface area is 145 Å². The van der Waals surface area contributed by atoms with Crippen LogP contribution in [0.3, 0.4) is 0 Å². The van der Waals surface area contributed by atoms with E-state index in [0.717, 1.165) is 36.9 Å². The number of nitrogens with one attached hydrogen (secondary N) is 2. The molecular weight excluding hydrogens is 318 g/mol. The van der Waals surface area contributed by atoms with Crippen molar-refractivity contribution in [1.29, 1.82) is 0 Å². The predicted octanol–water partition coefficient (Wildman–Crippen LogP) is 1.55. The van der Waals surface area contributed by atoms with E-state index in [1.54, 1.807) is 16.7 Å². The second-order valence-corrected chi connectivity index (χ2v) is 6.85. The molecule has 7 nitrogen and oxygen atoms in total. The second kappa shape index (κ2) is 5.91. The van der Waals surface area contributed by atoms with Crippen LogP contribution in [0, 0.1) is 6.92 Å². The molecule has 25 heavy (non-hydrogen) atoms. The van der Waals surface area contributed by atoms with Crippen LogP contribution < -0.4 is 16.4 Å². The lowest BCUT2D eigenvalue weighted by molar-refractivity contribution is 0.0940. The summed E-state index contributed by atoms with van der Waals surface area (Å²) in [6.45, 7) is 1.93. The molecule has 0 bridgehead atoms. The zero-order valence-corrected chi connectivity index (χ0v) is 14.1. The van der Waals surface area contributed by atoms with Gasteiger partial charge in [-0.25, -0.2) is 4.98 Å². The van der Waals surface area contributed by atoms with Crippen molar-refractivity contribution in [3.63, 3.8) is 0 Å². The highest BCUT2D eigenvalue weighted by Gasteiger charge is 2.27. The summed E-state index contributed by atoms with van der Waals surface area (Å²) >= 11 is 0. The summed E-state index contributed by atoms with van der Waals surface area (Å²) in [5.41, 5.74) is 8.65. The van der Waals surface area contributed by atoms with Gasteiger partial charge in [0.1, 0.15) is 12.1 Å². The van der Waals surface area contributed by atoms with Crippen molar-refractivity contribution in [2.45, 2.75) is 44.7 Å². The SMILES string of the molecule is Cc1ccc(C(=O)NC2CC2)cc1-n1cnc(C(=O)NC2CC2)c1N. The van der Waals surface area contributed by atoms with Gasteiger partial charge in [-0.3, -0.25) is 14.2 Å². The number of aromatic nitrogens is 2. The van der Waals surface area contributed by atoms with E-state index in [0.29, 0.717) is 11.6 Å². The molecule has 2 aromatic rings. The average molecular weight is 339 g/mol. The number of carbonyl (C=O) groups is 2. The Balaban J connectivity index is 1.63. The third kappa shape index (κ3) is 3.22. The Morgan fingerprint density at radius 3 is 2.40 bits per heavy atom. The van der Waals surface area contributed by atoms with Crippen molar-refractivity contribution in [3.05, 3.63) is 41.3 Å². The summed E-state index contributed by atoms with van der Waals surface area (Å²) in [4.78, 5) is 28.7. The van der Waals surface area contributed by atoms with Crippen molar-refractivity contribution in [2.75, 3.05) is 5.73 Å². The van der Waals surface area contributed by atoms with Crippen molar-refractivity contribution in [3.8, 4) is 5.69 Å². The molecule has 0 unspecified atom stereocenters. The molecule has 0 spiro atoms. The first kappa shape index (κ1) is 15.7. The fourth-order valence-electron chi connectivity index (χ4n) is 2.71. The van der Waals surface area contributed by atoms with Gasteiger partial charge in [0.2, 0.25) is 0 Å². The third-order valence-electron chi connectivity index (χ3n) is 4.58. The molecule has 7 heteroatoms. The van der Waals surface area contributed by atoms with Crippen LogP contribution in [0.5, 0.6) is 0 Å². The van der Waals surface area contributed by atoms with Gasteiger partial charge >= 0.3 is 0 Å². The van der Waals surface area contributed by atoms with Crippen molar-refractivity contribution in [2.24, 2.45) is 0 Å². The number of carbonyl (C=O) groups excluding carboxylic acids is 2. The van der Waals surface area contributed by atoms with Gasteiger partial charge < -0.3 is 16.4 Å². The molecule has 0 saturated heterocycles. The summed E-state index contributed by atoms with van der Waals surface area (Å²) in [6.07, 6.45) is 5.62. The molecule has 1 aromatic carbocycles. The van der Waals surface area contributed by atoms with Gasteiger partial charge in [0, 0.05) is 17.6 Å². The molecule has 1 heterocycles. The molecule has 2 saturated carbocycles. The molecule has 1 aromatic heterocycles. The smallest absolute Gasteiger partial charge is 0.273 e. The monoisotopic (exact) mass is 339 g/mol. The van der Waals surface area contributed by atoms with E-state index in [9.17, 15) is 9.59 Å². The molecule has 0 aliphatic heterocycles. The van der Waals surface area contributed by atoms with Gasteiger partial charge in [-0.2, -0.15) is 0 Å². The summed E-state index contributed by atoms with van der Waals surface area (Å²) in [6, 6.07) is 6.00. The van der Waals surface area contributed by atoms with Gasteiger partial charge in [0.05, 0.1) is 5.69 Å². The first-order chi connectivity index (χ1) is 12.0. The molecule has 130 valence electrons. The summed E-state index contributed by atoms with van der Waals surface area (Å²) in [5, 5.41) is 5.87. The van der Waals surface area contributed by atoms with Crippen LogP contribution in [0.15, 0.2) is 24.5 Å². The highest BCUT2D eigenvalue weighted by atomic mass is 16.2. The van der Waals surface area contributed by atoms with E-state index in [2.05, 4.69) is 15.6 Å². The Morgan fingerprint density at radius 1 is 1.12 bits per heavy atom. The van der Waals surface area contributed by atoms with Crippen LogP contribution >= 0.6 is 0 Å². The molecular formula is C18H21N5O2. The number of nitrogens with zero attached hydrogens (tertiary/aromatic N) is 2. The molecule has 0 atom stereocenters. The maximum Gasteiger partial charge on any atom is 0.273 e. The van der Waals surface area contributed by atoms with Crippen LogP contribution in [-0.4, -0.2) is 33.4 Å². The van der Waals surface area contributed by atoms with Crippen LogP contribution in [0.2, 0.25) is 0 Å². The average Bonchev–Trinajstić information content (AvgIpc) is 3.50. The van der Waals surface area contributed by atoms with Crippen molar-refractivity contribution >= 4 is 17.6 Å². The first-order valence-corrected chi connectivity index (χ1v) is 8.58. The lowest BCUT2D eigenvalue weighted by Gasteiger charge is -2.12. The van der Waals surface area contributed by atoms with E-state index in [1.807, 2.05) is 13.0 Å². The van der Waals surface area contributed by atoms with Crippen molar-refractivity contribution in [1.82, 2.24) is 20.2 Å². The van der Waals surface area contributed by atoms with E-state index >= 15 is 0 Å². The van der Waals surface area contributed by atoms with Gasteiger partial charge in [0.25, 0.3) is 11.8 Å². The minimum atomic E-state index is -0.251. The second-order valence-electron chi connectivity index (χ2n) is 6.85. The standard InChI is InChI=1S/C18H21N5O2/c1-10-2-3-11(17(24)21-12-4-5-12)8-14(10)23-9-20-15(16(23)19)18(25)22-13-6-7-13/h2-3,8-9,12-13H,4-7,19H2,1H3,(H,21,24)(H,22,25). The summed E-state index contributed by atoms with van der Waals surface area (Å²) in [5.74, 6) is -0.0610. The third-order valence-corrected chi connectivity index (χ3v) is 4.58. The fourth-order valence-corrected chi connectivity index (χ4v) is 2.71. The predicted molar refractivity (Wildman–Crippen MR) is 93.7 cm³/mol. The Kier molecular flexibility index (Phi) is 3.71. The van der Waals surface area contributed by atoms with E-state index in [4.69, 9.17) is 5.73 Å². The normalized spacial score (nSPS) is 16.5. The number of nitrogens with two attached hydrogens (primary N) is 1. The lowest BCUT2D eigenvalue weighted by Crippen LogP contribution is -2.26. The van der Waals surface area contributed by atoms with Crippen LogP contribution in [0.25, 0.3) is 5.69 Å². The number of amides is 2. The molecule has 4 rings (SSSR count). The Morgan fingerprint density at radius 2 is 1.76 bits per heavy atom. The number of aryl methyl sites for hydroxylation is 1. The number of nitrogen functional groups attached to an aromatic ring is 1. The number of hydrogen-bond donors (Lipinski definition) is 3. The highest BCUT2D eigenvalue weighted by Crippen LogP contribution is 2.24. The topological polar surface area (TPSA) is 102 Å². The molecule has 2 fully saturated rings. The summed E-state index contributed by atoms with van der Waals surface area (Å²) < 4.78 is 1.66. The molecule has 2 aliphatic carbocycles. The number of anilines is 1. The van der Waals surface area contributed by atoms with E-state index < -0.39 is 0 Å². The molecule has 2 amide bonds. The Hall–Kier alpha value is -2.83. The zero-order chi connectivity index (χ0) is 17.6. The zero-order valence-electron chi connectivity index (χ0n) is 14.1. The van der Waals surface area contributed by atoms with Gasteiger partial charge in [-0.05, 0) is 50.3 Å². The minimum Gasteiger partial charge on any atom is -0.383 e. The fraction of sp³-hybridized carbons (Fsp3) is 0.389. The van der Waals surface area contributed by atoms with E-state index in [-0.39, 0.29) is 29.4 Å². The molecule has 0 radical (unpaired) electrons. The maximum absolute atomic E-state index is 12.3. The highest BCUT2D eigenvalue weighted by molar-refractivity contribution is 5.97.